The number of nitrogens with zero attached hydrogens (tertiary/aromatic N) is 1. The maximum Gasteiger partial charge on any atom is 0.0319 e. The van der Waals surface area contributed by atoms with Gasteiger partial charge in [-0.15, -0.1) is 0 Å². The van der Waals surface area contributed by atoms with E-state index in [1.165, 1.54) is 37.1 Å². The van der Waals surface area contributed by atoms with Gasteiger partial charge in [0.15, 0.2) is 0 Å². The van der Waals surface area contributed by atoms with E-state index >= 15 is 0 Å². The first-order chi connectivity index (χ1) is 8.20. The molecular weight excluding hydrogens is 208 g/mol. The molecule has 0 radical (unpaired) electrons. The average molecular weight is 232 g/mol. The fourth-order valence-electron chi connectivity index (χ4n) is 2.72. The molecule has 1 aliphatic heterocycles. The topological polar surface area (TPSA) is 15.3 Å². The molecule has 94 valence electrons. The molecular formula is C15H24N2. The number of aryl methyl sites for hydroxylation is 1. The number of likely N-dealkylation sites (tertiary alicyclic amines) is 1. The molecule has 1 fully saturated rings. The van der Waals surface area contributed by atoms with Crippen molar-refractivity contribution in [3.8, 4) is 0 Å². The van der Waals surface area contributed by atoms with Gasteiger partial charge in [-0.2, -0.15) is 0 Å². The van der Waals surface area contributed by atoms with Crippen LogP contribution in [0.15, 0.2) is 24.3 Å². The van der Waals surface area contributed by atoms with Crippen molar-refractivity contribution in [3.63, 3.8) is 0 Å². The lowest BCUT2D eigenvalue weighted by Crippen LogP contribution is -2.42. The molecule has 0 saturated carbocycles. The van der Waals surface area contributed by atoms with E-state index in [1.54, 1.807) is 0 Å². The van der Waals surface area contributed by atoms with Crippen molar-refractivity contribution in [1.82, 2.24) is 10.2 Å². The normalized spacial score (nSPS) is 20.4. The summed E-state index contributed by atoms with van der Waals surface area (Å²) in [4.78, 5) is 2.60. The van der Waals surface area contributed by atoms with E-state index in [9.17, 15) is 0 Å². The van der Waals surface area contributed by atoms with Crippen LogP contribution in [0.25, 0.3) is 0 Å². The van der Waals surface area contributed by atoms with Crippen molar-refractivity contribution in [2.24, 2.45) is 0 Å². The number of nitrogens with one attached hydrogen (secondary N) is 1. The number of piperidine rings is 1. The summed E-state index contributed by atoms with van der Waals surface area (Å²) in [6, 6.07) is 10.2. The molecule has 17 heavy (non-hydrogen) atoms. The highest BCUT2D eigenvalue weighted by Gasteiger charge is 2.22. The summed E-state index contributed by atoms with van der Waals surface area (Å²) < 4.78 is 0. The lowest BCUT2D eigenvalue weighted by atomic mass is 9.99. The maximum absolute atomic E-state index is 3.39. The van der Waals surface area contributed by atoms with Crippen molar-refractivity contribution in [1.29, 1.82) is 0 Å². The monoisotopic (exact) mass is 232 g/mol. The van der Waals surface area contributed by atoms with Crippen molar-refractivity contribution in [2.45, 2.75) is 38.8 Å². The SMILES string of the molecule is CNC1CCN(C(C)c2cccc(C)c2)CC1. The maximum atomic E-state index is 3.39. The highest BCUT2D eigenvalue weighted by molar-refractivity contribution is 5.24. The minimum atomic E-state index is 0.549. The summed E-state index contributed by atoms with van der Waals surface area (Å²) >= 11 is 0. The van der Waals surface area contributed by atoms with E-state index in [1.807, 2.05) is 0 Å². The molecule has 1 heterocycles. The molecule has 1 aromatic carbocycles. The van der Waals surface area contributed by atoms with E-state index in [-0.39, 0.29) is 0 Å². The van der Waals surface area contributed by atoms with Crippen LogP contribution >= 0.6 is 0 Å². The van der Waals surface area contributed by atoms with Crippen molar-refractivity contribution in [2.75, 3.05) is 20.1 Å². The van der Waals surface area contributed by atoms with Crippen LogP contribution < -0.4 is 5.32 Å². The highest BCUT2D eigenvalue weighted by atomic mass is 15.2. The van der Waals surface area contributed by atoms with Gasteiger partial charge in [0.05, 0.1) is 0 Å². The molecule has 0 bridgehead atoms. The van der Waals surface area contributed by atoms with E-state index in [0.717, 1.165) is 6.04 Å². The Morgan fingerprint density at radius 1 is 1.29 bits per heavy atom. The van der Waals surface area contributed by atoms with Gasteiger partial charge in [-0.3, -0.25) is 4.90 Å². The molecule has 1 N–H and O–H groups in total. The fourth-order valence-corrected chi connectivity index (χ4v) is 2.72. The molecule has 1 saturated heterocycles. The van der Waals surface area contributed by atoms with Crippen LogP contribution in [0.2, 0.25) is 0 Å². The zero-order valence-electron chi connectivity index (χ0n) is 11.2. The summed E-state index contributed by atoms with van der Waals surface area (Å²) in [6.45, 7) is 6.92. The second-order valence-electron chi connectivity index (χ2n) is 5.19. The Morgan fingerprint density at radius 2 is 2.00 bits per heavy atom. The third kappa shape index (κ3) is 3.08. The summed E-state index contributed by atoms with van der Waals surface area (Å²) in [5.41, 5.74) is 2.81. The van der Waals surface area contributed by atoms with Crippen LogP contribution in [0.3, 0.4) is 0 Å². The Bertz CT molecular complexity index is 354. The third-order valence-electron chi connectivity index (χ3n) is 4.01. The molecule has 0 aliphatic carbocycles. The molecule has 2 nitrogen and oxygen atoms in total. The standard InChI is InChI=1S/C15H24N2/c1-12-5-4-6-14(11-12)13(2)17-9-7-15(16-3)8-10-17/h4-6,11,13,15-16H,7-10H2,1-3H3. The van der Waals surface area contributed by atoms with E-state index in [4.69, 9.17) is 0 Å². The highest BCUT2D eigenvalue weighted by Crippen LogP contribution is 2.24. The average Bonchev–Trinajstić information content (AvgIpc) is 2.38. The number of hydrogen-bond acceptors (Lipinski definition) is 2. The van der Waals surface area contributed by atoms with Crippen LogP contribution in [-0.4, -0.2) is 31.1 Å². The van der Waals surface area contributed by atoms with E-state index < -0.39 is 0 Å². The molecule has 1 atom stereocenters. The van der Waals surface area contributed by atoms with Gasteiger partial charge < -0.3 is 5.32 Å². The van der Waals surface area contributed by atoms with E-state index in [0.29, 0.717) is 6.04 Å². The Morgan fingerprint density at radius 3 is 2.59 bits per heavy atom. The second-order valence-corrected chi connectivity index (χ2v) is 5.19. The third-order valence-corrected chi connectivity index (χ3v) is 4.01. The van der Waals surface area contributed by atoms with E-state index in [2.05, 4.69) is 55.4 Å². The zero-order valence-corrected chi connectivity index (χ0v) is 11.2. The molecule has 0 aromatic heterocycles. The zero-order chi connectivity index (χ0) is 12.3. The van der Waals surface area contributed by atoms with Gasteiger partial charge in [0.2, 0.25) is 0 Å². The minimum absolute atomic E-state index is 0.549. The molecule has 0 spiro atoms. The first kappa shape index (κ1) is 12.6. The van der Waals surface area contributed by atoms with Crippen LogP contribution in [-0.2, 0) is 0 Å². The number of hydrogen-bond donors (Lipinski definition) is 1. The van der Waals surface area contributed by atoms with Crippen LogP contribution in [0.1, 0.15) is 36.9 Å². The molecule has 1 aromatic rings. The first-order valence-corrected chi connectivity index (χ1v) is 6.68. The van der Waals surface area contributed by atoms with Gasteiger partial charge in [-0.1, -0.05) is 29.8 Å². The molecule has 2 rings (SSSR count). The summed E-state index contributed by atoms with van der Waals surface area (Å²) in [6.07, 6.45) is 2.54. The van der Waals surface area contributed by atoms with Gasteiger partial charge in [0.25, 0.3) is 0 Å². The predicted octanol–water partition coefficient (Wildman–Crippen LogP) is 2.74. The van der Waals surface area contributed by atoms with Crippen LogP contribution in [0.5, 0.6) is 0 Å². The van der Waals surface area contributed by atoms with Gasteiger partial charge in [-0.25, -0.2) is 0 Å². The quantitative estimate of drug-likeness (QED) is 0.862. The van der Waals surface area contributed by atoms with Crippen molar-refractivity contribution in [3.05, 3.63) is 35.4 Å². The second kappa shape index (κ2) is 5.65. The predicted molar refractivity (Wildman–Crippen MR) is 73.2 cm³/mol. The number of rotatable bonds is 3. The lowest BCUT2D eigenvalue weighted by molar-refractivity contribution is 0.155. The van der Waals surface area contributed by atoms with Crippen LogP contribution in [0, 0.1) is 6.92 Å². The lowest BCUT2D eigenvalue weighted by Gasteiger charge is -2.36. The Hall–Kier alpha value is -0.860. The fraction of sp³-hybridized carbons (Fsp3) is 0.600. The molecule has 1 unspecified atom stereocenters. The molecule has 0 amide bonds. The Balaban J connectivity index is 1.99. The van der Waals surface area contributed by atoms with Gasteiger partial charge in [-0.05, 0) is 39.3 Å². The minimum Gasteiger partial charge on any atom is -0.317 e. The number of benzene rings is 1. The van der Waals surface area contributed by atoms with Crippen molar-refractivity contribution < 1.29 is 0 Å². The summed E-state index contributed by atoms with van der Waals surface area (Å²) in [5, 5.41) is 3.39. The largest absolute Gasteiger partial charge is 0.317 e. The summed E-state index contributed by atoms with van der Waals surface area (Å²) in [5.74, 6) is 0. The Labute approximate surface area is 105 Å². The Kier molecular flexibility index (Phi) is 4.19. The summed E-state index contributed by atoms with van der Waals surface area (Å²) in [7, 11) is 2.07. The van der Waals surface area contributed by atoms with Crippen molar-refractivity contribution >= 4 is 0 Å². The first-order valence-electron chi connectivity index (χ1n) is 6.68. The molecule has 2 heteroatoms. The van der Waals surface area contributed by atoms with Gasteiger partial charge in [0.1, 0.15) is 0 Å². The van der Waals surface area contributed by atoms with Gasteiger partial charge in [0, 0.05) is 25.2 Å². The smallest absolute Gasteiger partial charge is 0.0319 e. The van der Waals surface area contributed by atoms with Gasteiger partial charge >= 0.3 is 0 Å². The van der Waals surface area contributed by atoms with Crippen LogP contribution in [0.4, 0.5) is 0 Å². The molecule has 1 aliphatic rings.